The van der Waals surface area contributed by atoms with Crippen molar-refractivity contribution in [2.75, 3.05) is 132 Å². The fourth-order valence-electron chi connectivity index (χ4n) is 10.4. The number of nitrogens with zero attached hydrogens (tertiary/aromatic N) is 8. The minimum absolute atomic E-state index is 0.0245. The van der Waals surface area contributed by atoms with Crippen LogP contribution in [0.25, 0.3) is 0 Å². The molecule has 0 N–H and O–H groups in total. The molecular formula is C70H86N8O14. The number of amides is 6. The standard InChI is InChI=1S/C70H86N8O14/c1-85-63(49-71-33-37-73(65(79)87-51-57-21-9-3-10-22-57)41-45-77(69(83)91-55-61-29-17-7-18-30-61)46-42-74(38-34-71)66(80)88-52-58-23-11-4-12-24-58)64(86-2)50-72-35-39-75(67(81)89-53-59-25-13-5-14-26-59)43-47-78(70(84)92-56-62-31-19-8-20-32-62)48-44-76(40-36-72)68(82)90-54-60-27-15-6-16-28-60/h3-32,63-64H,33-56H2,1-2H3. The van der Waals surface area contributed by atoms with Crippen LogP contribution < -0.4 is 0 Å². The zero-order valence-corrected chi connectivity index (χ0v) is 52.7. The molecule has 6 aromatic carbocycles. The van der Waals surface area contributed by atoms with E-state index in [1.165, 1.54) is 9.80 Å². The molecule has 0 aliphatic carbocycles. The van der Waals surface area contributed by atoms with E-state index in [9.17, 15) is 28.8 Å². The fraction of sp³-hybridized carbons (Fsp3) is 0.400. The number of carbonyl (C=O) groups is 6. The van der Waals surface area contributed by atoms with Gasteiger partial charge in [-0.15, -0.1) is 0 Å². The maximum Gasteiger partial charge on any atom is 0.410 e. The van der Waals surface area contributed by atoms with E-state index in [2.05, 4.69) is 9.80 Å². The van der Waals surface area contributed by atoms with Crippen molar-refractivity contribution in [1.82, 2.24) is 39.2 Å². The summed E-state index contributed by atoms with van der Waals surface area (Å²) in [4.78, 5) is 98.3. The van der Waals surface area contributed by atoms with Crippen molar-refractivity contribution < 1.29 is 66.7 Å². The third kappa shape index (κ3) is 23.2. The van der Waals surface area contributed by atoms with Crippen molar-refractivity contribution in [3.8, 4) is 0 Å². The Labute approximate surface area is 539 Å². The van der Waals surface area contributed by atoms with Gasteiger partial charge in [-0.3, -0.25) is 9.80 Å². The smallest absolute Gasteiger partial charge is 0.410 e. The Bertz CT molecular complexity index is 2790. The number of hydrogen-bond acceptors (Lipinski definition) is 16. The molecule has 0 saturated carbocycles. The largest absolute Gasteiger partial charge is 0.445 e. The highest BCUT2D eigenvalue weighted by Crippen LogP contribution is 2.17. The van der Waals surface area contributed by atoms with Gasteiger partial charge in [0.15, 0.2) is 0 Å². The molecule has 6 amide bonds. The molecule has 6 aromatic rings. The van der Waals surface area contributed by atoms with Crippen LogP contribution in [-0.4, -0.2) is 220 Å². The lowest BCUT2D eigenvalue weighted by Crippen LogP contribution is -2.53. The van der Waals surface area contributed by atoms with E-state index in [1.807, 2.05) is 182 Å². The van der Waals surface area contributed by atoms with Gasteiger partial charge in [-0.25, -0.2) is 28.8 Å². The molecule has 0 radical (unpaired) electrons. The molecule has 2 heterocycles. The molecule has 22 heteroatoms. The molecular weight excluding hydrogens is 1180 g/mol. The molecule has 2 aliphatic rings. The predicted molar refractivity (Wildman–Crippen MR) is 344 cm³/mol. The lowest BCUT2D eigenvalue weighted by Gasteiger charge is -2.37. The van der Waals surface area contributed by atoms with Crippen molar-refractivity contribution >= 4 is 36.6 Å². The maximum atomic E-state index is 14.2. The molecule has 0 bridgehead atoms. The second kappa shape index (κ2) is 37.8. The van der Waals surface area contributed by atoms with Gasteiger partial charge in [-0.2, -0.15) is 0 Å². The predicted octanol–water partition coefficient (Wildman–Crippen LogP) is 9.48. The Balaban J connectivity index is 1.03. The van der Waals surface area contributed by atoms with E-state index in [-0.39, 0.29) is 157 Å². The zero-order valence-electron chi connectivity index (χ0n) is 52.7. The van der Waals surface area contributed by atoms with Crippen molar-refractivity contribution in [3.05, 3.63) is 215 Å². The van der Waals surface area contributed by atoms with Crippen molar-refractivity contribution in [2.24, 2.45) is 0 Å². The molecule has 2 atom stereocenters. The number of hydrogen-bond donors (Lipinski definition) is 0. The van der Waals surface area contributed by atoms with Gasteiger partial charge in [0.1, 0.15) is 39.6 Å². The van der Waals surface area contributed by atoms with Crippen LogP contribution in [0.2, 0.25) is 0 Å². The van der Waals surface area contributed by atoms with Crippen LogP contribution >= 0.6 is 0 Å². The van der Waals surface area contributed by atoms with Crippen LogP contribution in [0, 0.1) is 0 Å². The lowest BCUT2D eigenvalue weighted by atomic mass is 10.1. The van der Waals surface area contributed by atoms with E-state index >= 15 is 0 Å². The highest BCUT2D eigenvalue weighted by molar-refractivity contribution is 5.71. The summed E-state index contributed by atoms with van der Waals surface area (Å²) < 4.78 is 48.0. The van der Waals surface area contributed by atoms with Crippen LogP contribution in [0.1, 0.15) is 33.4 Å². The summed E-state index contributed by atoms with van der Waals surface area (Å²) in [5.74, 6) is 0. The Morgan fingerprint density at radius 2 is 0.413 bits per heavy atom. The monoisotopic (exact) mass is 1260 g/mol. The molecule has 0 spiro atoms. The number of benzene rings is 6. The summed E-state index contributed by atoms with van der Waals surface area (Å²) in [6.45, 7) is 3.00. The average molecular weight is 1260 g/mol. The van der Waals surface area contributed by atoms with Crippen LogP contribution in [-0.2, 0) is 77.5 Å². The van der Waals surface area contributed by atoms with Crippen LogP contribution in [0.5, 0.6) is 0 Å². The van der Waals surface area contributed by atoms with Crippen LogP contribution in [0.15, 0.2) is 182 Å². The van der Waals surface area contributed by atoms with Gasteiger partial charge in [0, 0.05) is 132 Å². The minimum atomic E-state index is -0.629. The molecule has 2 unspecified atom stereocenters. The maximum absolute atomic E-state index is 14.2. The molecule has 92 heavy (non-hydrogen) atoms. The highest BCUT2D eigenvalue weighted by Gasteiger charge is 2.32. The molecule has 22 nitrogen and oxygen atoms in total. The first kappa shape index (κ1) is 68.7. The second-order valence-electron chi connectivity index (χ2n) is 22.3. The van der Waals surface area contributed by atoms with Gasteiger partial charge in [-0.05, 0) is 33.4 Å². The molecule has 2 aliphatic heterocycles. The Kier molecular flexibility index (Phi) is 28.2. The first-order chi connectivity index (χ1) is 45.0. The van der Waals surface area contributed by atoms with Crippen LogP contribution in [0.4, 0.5) is 28.8 Å². The van der Waals surface area contributed by atoms with Crippen molar-refractivity contribution in [3.63, 3.8) is 0 Å². The Hall–Kier alpha value is -9.22. The Morgan fingerprint density at radius 1 is 0.261 bits per heavy atom. The lowest BCUT2D eigenvalue weighted by molar-refractivity contribution is -0.0651. The molecule has 490 valence electrons. The van der Waals surface area contributed by atoms with E-state index in [0.717, 1.165) is 33.4 Å². The van der Waals surface area contributed by atoms with Crippen molar-refractivity contribution in [2.45, 2.75) is 51.8 Å². The number of ether oxygens (including phenoxy) is 8. The summed E-state index contributed by atoms with van der Waals surface area (Å²) in [6.07, 6.45) is -4.77. The third-order valence-corrected chi connectivity index (χ3v) is 16.0. The topological polar surface area (TPSA) is 202 Å². The summed E-state index contributed by atoms with van der Waals surface area (Å²) in [6, 6.07) is 56.2. The van der Waals surface area contributed by atoms with Crippen molar-refractivity contribution in [1.29, 1.82) is 0 Å². The summed E-state index contributed by atoms with van der Waals surface area (Å²) in [5.41, 5.74) is 4.84. The van der Waals surface area contributed by atoms with E-state index in [4.69, 9.17) is 37.9 Å². The van der Waals surface area contributed by atoms with E-state index < -0.39 is 48.8 Å². The van der Waals surface area contributed by atoms with Gasteiger partial charge in [-0.1, -0.05) is 182 Å². The van der Waals surface area contributed by atoms with E-state index in [1.54, 1.807) is 33.8 Å². The molecule has 0 aromatic heterocycles. The first-order valence-electron chi connectivity index (χ1n) is 31.2. The number of rotatable bonds is 19. The highest BCUT2D eigenvalue weighted by atomic mass is 16.6. The normalized spacial score (nSPS) is 15.8. The first-order valence-corrected chi connectivity index (χ1v) is 31.2. The SMILES string of the molecule is COC(CN1CCN(C(=O)OCc2ccccc2)CCN(C(=O)OCc2ccccc2)CCN(C(=O)OCc2ccccc2)CC1)C(CN1CCN(C(=O)OCc2ccccc2)CCN(C(=O)OCc2ccccc2)CCN(C(=O)OCc2ccccc2)CC1)OC. The molecule has 2 fully saturated rings. The minimum Gasteiger partial charge on any atom is -0.445 e. The van der Waals surface area contributed by atoms with Crippen LogP contribution in [0.3, 0.4) is 0 Å². The molecule has 8 rings (SSSR count). The van der Waals surface area contributed by atoms with Gasteiger partial charge in [0.25, 0.3) is 0 Å². The molecule has 2 saturated heterocycles. The Morgan fingerprint density at radius 3 is 0.565 bits per heavy atom. The second-order valence-corrected chi connectivity index (χ2v) is 22.3. The van der Waals surface area contributed by atoms with Gasteiger partial charge in [0.05, 0.1) is 12.2 Å². The summed E-state index contributed by atoms with van der Waals surface area (Å²) in [5, 5.41) is 0. The van der Waals surface area contributed by atoms with Gasteiger partial charge in [0.2, 0.25) is 0 Å². The third-order valence-electron chi connectivity index (χ3n) is 16.0. The van der Waals surface area contributed by atoms with E-state index in [0.29, 0.717) is 0 Å². The zero-order chi connectivity index (χ0) is 64.5. The quantitative estimate of drug-likeness (QED) is 0.0693. The fourth-order valence-corrected chi connectivity index (χ4v) is 10.4. The summed E-state index contributed by atoms with van der Waals surface area (Å²) in [7, 11) is 3.20. The number of carbonyl (C=O) groups excluding carboxylic acids is 6. The summed E-state index contributed by atoms with van der Waals surface area (Å²) >= 11 is 0. The average Bonchev–Trinajstić information content (AvgIpc) is 2.04. The van der Waals surface area contributed by atoms with Gasteiger partial charge >= 0.3 is 36.6 Å². The van der Waals surface area contributed by atoms with Gasteiger partial charge < -0.3 is 67.3 Å². The number of methoxy groups -OCH3 is 2.